The maximum atomic E-state index is 12.5. The summed E-state index contributed by atoms with van der Waals surface area (Å²) in [7, 11) is -1.68. The molecule has 1 aliphatic heterocycles. The summed E-state index contributed by atoms with van der Waals surface area (Å²) < 4.78 is 30.8. The van der Waals surface area contributed by atoms with Crippen molar-refractivity contribution >= 4 is 27.6 Å². The number of carbonyl (C=O) groups is 2. The third-order valence-electron chi connectivity index (χ3n) is 4.45. The molecular weight excluding hydrogens is 370 g/mol. The number of nitrogens with zero attached hydrogens (tertiary/aromatic N) is 3. The minimum absolute atomic E-state index is 0.0274. The zero-order valence-electron chi connectivity index (χ0n) is 16.1. The van der Waals surface area contributed by atoms with Crippen LogP contribution in [-0.2, 0) is 19.6 Å². The number of likely N-dealkylation sites (N-methyl/N-ethyl adjacent to an activating group) is 1. The van der Waals surface area contributed by atoms with Crippen LogP contribution >= 0.6 is 0 Å². The van der Waals surface area contributed by atoms with Gasteiger partial charge in [-0.1, -0.05) is 12.1 Å². The van der Waals surface area contributed by atoms with E-state index in [1.165, 1.54) is 6.07 Å². The summed E-state index contributed by atoms with van der Waals surface area (Å²) in [4.78, 5) is 28.6. The van der Waals surface area contributed by atoms with Crippen molar-refractivity contribution < 1.29 is 22.7 Å². The van der Waals surface area contributed by atoms with Gasteiger partial charge in [-0.2, -0.15) is 0 Å². The van der Waals surface area contributed by atoms with Gasteiger partial charge >= 0.3 is 5.97 Å². The maximum Gasteiger partial charge on any atom is 0.340 e. The third-order valence-corrected chi connectivity index (χ3v) is 5.63. The number of hydrogen-bond donors (Lipinski definition) is 0. The van der Waals surface area contributed by atoms with E-state index in [1.54, 1.807) is 30.0 Å². The summed E-state index contributed by atoms with van der Waals surface area (Å²) in [6.45, 7) is 4.71. The standard InChI is InChI=1S/C18H27N3O5S/c1-4-26-18(23)15-7-5-6-8-16(15)21(27(3,24)25)10-9-17(22)20-13-11-19(2)12-14-20/h5-8H,4,9-14H2,1-3H3. The summed E-state index contributed by atoms with van der Waals surface area (Å²) in [5.74, 6) is -0.683. The SMILES string of the molecule is CCOC(=O)c1ccccc1N(CCC(=O)N1CCN(C)CC1)S(C)(=O)=O. The van der Waals surface area contributed by atoms with Crippen molar-refractivity contribution in [3.63, 3.8) is 0 Å². The summed E-state index contributed by atoms with van der Waals surface area (Å²) in [5, 5.41) is 0. The van der Waals surface area contributed by atoms with Gasteiger partial charge in [-0.05, 0) is 26.1 Å². The largest absolute Gasteiger partial charge is 0.462 e. The molecule has 0 bridgehead atoms. The molecule has 1 aliphatic rings. The lowest BCUT2D eigenvalue weighted by Gasteiger charge is -2.33. The highest BCUT2D eigenvalue weighted by Gasteiger charge is 2.26. The molecule has 1 aromatic rings. The molecule has 150 valence electrons. The Balaban J connectivity index is 2.18. The van der Waals surface area contributed by atoms with Gasteiger partial charge in [0.2, 0.25) is 15.9 Å². The average Bonchev–Trinajstić information content (AvgIpc) is 2.61. The number of anilines is 1. The van der Waals surface area contributed by atoms with E-state index in [2.05, 4.69) is 4.90 Å². The third kappa shape index (κ3) is 5.67. The summed E-state index contributed by atoms with van der Waals surface area (Å²) >= 11 is 0. The molecule has 1 fully saturated rings. The first-order valence-corrected chi connectivity index (χ1v) is 10.8. The topological polar surface area (TPSA) is 87.2 Å². The molecule has 0 aromatic heterocycles. The fourth-order valence-electron chi connectivity index (χ4n) is 2.95. The zero-order valence-corrected chi connectivity index (χ0v) is 16.9. The van der Waals surface area contributed by atoms with E-state index in [0.717, 1.165) is 23.7 Å². The predicted molar refractivity (Wildman–Crippen MR) is 103 cm³/mol. The van der Waals surface area contributed by atoms with Crippen molar-refractivity contribution in [2.75, 3.05) is 56.9 Å². The van der Waals surface area contributed by atoms with Gasteiger partial charge < -0.3 is 14.5 Å². The lowest BCUT2D eigenvalue weighted by molar-refractivity contribution is -0.132. The molecule has 27 heavy (non-hydrogen) atoms. The number of benzene rings is 1. The molecule has 1 heterocycles. The van der Waals surface area contributed by atoms with Crippen LogP contribution < -0.4 is 4.31 Å². The lowest BCUT2D eigenvalue weighted by atomic mass is 10.1. The van der Waals surface area contributed by atoms with E-state index in [4.69, 9.17) is 4.74 Å². The molecule has 0 atom stereocenters. The Hall–Kier alpha value is -2.13. The first-order chi connectivity index (χ1) is 12.7. The van der Waals surface area contributed by atoms with Crippen LogP contribution in [0.2, 0.25) is 0 Å². The minimum Gasteiger partial charge on any atom is -0.462 e. The van der Waals surface area contributed by atoms with E-state index < -0.39 is 16.0 Å². The minimum atomic E-state index is -3.68. The molecule has 1 amide bonds. The van der Waals surface area contributed by atoms with Gasteiger partial charge in [0, 0.05) is 39.1 Å². The second-order valence-electron chi connectivity index (χ2n) is 6.51. The molecule has 0 N–H and O–H groups in total. The Morgan fingerprint density at radius 1 is 1.15 bits per heavy atom. The molecule has 2 rings (SSSR count). The zero-order chi connectivity index (χ0) is 20.0. The Morgan fingerprint density at radius 3 is 2.37 bits per heavy atom. The molecule has 8 nitrogen and oxygen atoms in total. The molecule has 0 saturated carbocycles. The average molecular weight is 397 g/mol. The van der Waals surface area contributed by atoms with Gasteiger partial charge in [0.25, 0.3) is 0 Å². The van der Waals surface area contributed by atoms with Crippen LogP contribution in [0, 0.1) is 0 Å². The smallest absolute Gasteiger partial charge is 0.340 e. The van der Waals surface area contributed by atoms with Crippen molar-refractivity contribution in [2.24, 2.45) is 0 Å². The molecule has 1 saturated heterocycles. The maximum absolute atomic E-state index is 12.5. The van der Waals surface area contributed by atoms with Crippen LogP contribution in [-0.4, -0.2) is 82.7 Å². The van der Waals surface area contributed by atoms with Crippen LogP contribution in [0.3, 0.4) is 0 Å². The number of piperazine rings is 1. The number of ether oxygens (including phenoxy) is 1. The fraction of sp³-hybridized carbons (Fsp3) is 0.556. The van der Waals surface area contributed by atoms with Gasteiger partial charge in [0.1, 0.15) is 0 Å². The number of hydrogen-bond acceptors (Lipinski definition) is 6. The Bertz CT molecular complexity index is 773. The van der Waals surface area contributed by atoms with Crippen molar-refractivity contribution in [2.45, 2.75) is 13.3 Å². The predicted octanol–water partition coefficient (Wildman–Crippen LogP) is 0.793. The number of amides is 1. The molecule has 0 spiro atoms. The van der Waals surface area contributed by atoms with Crippen LogP contribution in [0.5, 0.6) is 0 Å². The van der Waals surface area contributed by atoms with Gasteiger partial charge in [0.05, 0.1) is 24.1 Å². The van der Waals surface area contributed by atoms with Gasteiger partial charge in [-0.15, -0.1) is 0 Å². The number of sulfonamides is 1. The molecule has 0 unspecified atom stereocenters. The fourth-order valence-corrected chi connectivity index (χ4v) is 3.89. The van der Waals surface area contributed by atoms with Crippen LogP contribution in [0.1, 0.15) is 23.7 Å². The summed E-state index contributed by atoms with van der Waals surface area (Å²) in [6.07, 6.45) is 1.11. The van der Waals surface area contributed by atoms with Crippen LogP contribution in [0.4, 0.5) is 5.69 Å². The highest BCUT2D eigenvalue weighted by molar-refractivity contribution is 7.92. The van der Waals surface area contributed by atoms with Crippen molar-refractivity contribution in [3.05, 3.63) is 29.8 Å². The normalized spacial score (nSPS) is 15.4. The monoisotopic (exact) mass is 397 g/mol. The summed E-state index contributed by atoms with van der Waals surface area (Å²) in [5.41, 5.74) is 0.390. The van der Waals surface area contributed by atoms with E-state index in [9.17, 15) is 18.0 Å². The van der Waals surface area contributed by atoms with Crippen LogP contribution in [0.15, 0.2) is 24.3 Å². The quantitative estimate of drug-likeness (QED) is 0.633. The van der Waals surface area contributed by atoms with E-state index in [0.29, 0.717) is 13.1 Å². The Labute approximate surface area is 160 Å². The van der Waals surface area contributed by atoms with E-state index >= 15 is 0 Å². The molecule has 9 heteroatoms. The van der Waals surface area contributed by atoms with Gasteiger partial charge in [-0.25, -0.2) is 13.2 Å². The van der Waals surface area contributed by atoms with E-state index in [-0.39, 0.29) is 36.7 Å². The lowest BCUT2D eigenvalue weighted by Crippen LogP contribution is -2.48. The van der Waals surface area contributed by atoms with Gasteiger partial charge in [0.15, 0.2) is 0 Å². The Kier molecular flexibility index (Phi) is 7.20. The highest BCUT2D eigenvalue weighted by atomic mass is 32.2. The van der Waals surface area contributed by atoms with Crippen molar-refractivity contribution in [3.8, 4) is 0 Å². The van der Waals surface area contributed by atoms with Crippen molar-refractivity contribution in [1.29, 1.82) is 0 Å². The van der Waals surface area contributed by atoms with E-state index in [1.807, 2.05) is 7.05 Å². The first kappa shape index (κ1) is 21.2. The number of para-hydroxylation sites is 1. The number of esters is 1. The summed E-state index contributed by atoms with van der Waals surface area (Å²) in [6, 6.07) is 6.37. The number of rotatable bonds is 7. The second-order valence-corrected chi connectivity index (χ2v) is 8.41. The molecular formula is C18H27N3O5S. The van der Waals surface area contributed by atoms with Gasteiger partial charge in [-0.3, -0.25) is 9.10 Å². The molecule has 0 radical (unpaired) electrons. The highest BCUT2D eigenvalue weighted by Crippen LogP contribution is 2.24. The first-order valence-electron chi connectivity index (χ1n) is 8.94. The van der Waals surface area contributed by atoms with Crippen molar-refractivity contribution in [1.82, 2.24) is 9.80 Å². The Morgan fingerprint density at radius 2 is 1.78 bits per heavy atom. The molecule has 0 aliphatic carbocycles. The molecule has 1 aromatic carbocycles. The second kappa shape index (κ2) is 9.18. The van der Waals surface area contributed by atoms with Crippen LogP contribution in [0.25, 0.3) is 0 Å². The number of carbonyl (C=O) groups excluding carboxylic acids is 2.